The molecule has 0 aliphatic rings. The van der Waals surface area contributed by atoms with Gasteiger partial charge in [0.15, 0.2) is 0 Å². The van der Waals surface area contributed by atoms with Crippen LogP contribution in [0.1, 0.15) is 48.7 Å². The van der Waals surface area contributed by atoms with Gasteiger partial charge in [0, 0.05) is 28.4 Å². The van der Waals surface area contributed by atoms with E-state index in [4.69, 9.17) is 27.9 Å². The number of hydrogen-bond acceptors (Lipinski definition) is 2. The molecule has 0 saturated carbocycles. The van der Waals surface area contributed by atoms with E-state index in [2.05, 4.69) is 6.92 Å². The lowest BCUT2D eigenvalue weighted by molar-refractivity contribution is 0.0685. The number of aromatic carboxylic acids is 1. The van der Waals surface area contributed by atoms with E-state index in [-0.39, 0.29) is 0 Å². The Morgan fingerprint density at radius 1 is 0.967 bits per heavy atom. The van der Waals surface area contributed by atoms with Crippen molar-refractivity contribution in [1.29, 1.82) is 0 Å². The van der Waals surface area contributed by atoms with E-state index >= 15 is 0 Å². The minimum Gasteiger partial charge on any atom is -0.489 e. The smallest absolute Gasteiger partial charge is 0.352 e. The number of unbranched alkanes of at least 4 members (excludes halogenated alkanes) is 3. The van der Waals surface area contributed by atoms with Gasteiger partial charge in [-0.1, -0.05) is 61.5 Å². The monoisotopic (exact) mass is 445 g/mol. The van der Waals surface area contributed by atoms with Gasteiger partial charge in [-0.05, 0) is 53.9 Å². The first-order chi connectivity index (χ1) is 14.5. The van der Waals surface area contributed by atoms with Crippen molar-refractivity contribution in [2.24, 2.45) is 0 Å². The third-order valence-electron chi connectivity index (χ3n) is 4.88. The lowest BCUT2D eigenvalue weighted by atomic mass is 10.1. The summed E-state index contributed by atoms with van der Waals surface area (Å²) >= 11 is 12.0. The average Bonchev–Trinajstić information content (AvgIpc) is 3.14. The minimum absolute atomic E-state index is 0.319. The van der Waals surface area contributed by atoms with E-state index in [1.165, 1.54) is 6.42 Å². The average molecular weight is 446 g/mol. The topological polar surface area (TPSA) is 51.5 Å². The molecule has 4 nitrogen and oxygen atoms in total. The van der Waals surface area contributed by atoms with Crippen molar-refractivity contribution in [3.63, 3.8) is 0 Å². The second-order valence-corrected chi connectivity index (χ2v) is 8.14. The maximum Gasteiger partial charge on any atom is 0.352 e. The van der Waals surface area contributed by atoms with Crippen molar-refractivity contribution in [2.75, 3.05) is 0 Å². The Hall–Kier alpha value is -2.43. The van der Waals surface area contributed by atoms with E-state index in [0.29, 0.717) is 34.6 Å². The predicted molar refractivity (Wildman–Crippen MR) is 122 cm³/mol. The molecule has 0 fully saturated rings. The Labute approximate surface area is 187 Å². The molecule has 0 amide bonds. The highest BCUT2D eigenvalue weighted by atomic mass is 35.5. The lowest BCUT2D eigenvalue weighted by Gasteiger charge is -2.08. The number of rotatable bonds is 10. The van der Waals surface area contributed by atoms with Crippen molar-refractivity contribution in [2.45, 2.75) is 45.8 Å². The molecule has 158 valence electrons. The number of halogens is 2. The van der Waals surface area contributed by atoms with Gasteiger partial charge in [-0.15, -0.1) is 0 Å². The summed E-state index contributed by atoms with van der Waals surface area (Å²) in [6.45, 7) is 3.23. The van der Waals surface area contributed by atoms with Crippen LogP contribution in [0.25, 0.3) is 11.1 Å². The zero-order chi connectivity index (χ0) is 21.5. The van der Waals surface area contributed by atoms with Gasteiger partial charge < -0.3 is 14.4 Å². The number of carboxylic acid groups (broad SMARTS) is 1. The number of nitrogens with zero attached hydrogens (tertiary/aromatic N) is 1. The highest BCUT2D eigenvalue weighted by Gasteiger charge is 2.13. The number of aryl methyl sites for hydroxylation is 1. The number of ether oxygens (including phenoxy) is 1. The first-order valence-corrected chi connectivity index (χ1v) is 10.8. The second kappa shape index (κ2) is 10.6. The van der Waals surface area contributed by atoms with Crippen molar-refractivity contribution < 1.29 is 14.6 Å². The van der Waals surface area contributed by atoms with Crippen molar-refractivity contribution in [1.82, 2.24) is 4.57 Å². The molecule has 0 unspecified atom stereocenters. The fourth-order valence-electron chi connectivity index (χ4n) is 3.35. The van der Waals surface area contributed by atoms with Gasteiger partial charge in [0.2, 0.25) is 0 Å². The van der Waals surface area contributed by atoms with E-state index in [0.717, 1.165) is 36.0 Å². The van der Waals surface area contributed by atoms with Crippen LogP contribution in [0.5, 0.6) is 5.75 Å². The summed E-state index contributed by atoms with van der Waals surface area (Å²) in [6.07, 6.45) is 6.32. The van der Waals surface area contributed by atoms with Crippen molar-refractivity contribution in [3.8, 4) is 16.9 Å². The van der Waals surface area contributed by atoms with Gasteiger partial charge in [-0.25, -0.2) is 4.79 Å². The molecule has 0 radical (unpaired) electrons. The SMILES string of the molecule is CCCCCCn1cc(-c2ccc(OCc3cc(Cl)cc(Cl)c3)cc2)cc1C(=O)O. The molecule has 0 atom stereocenters. The predicted octanol–water partition coefficient (Wildman–Crippen LogP) is 7.32. The maximum absolute atomic E-state index is 11.6. The van der Waals surface area contributed by atoms with Crippen LogP contribution in [0.15, 0.2) is 54.7 Å². The molecule has 0 bridgehead atoms. The third kappa shape index (κ3) is 6.04. The molecule has 3 rings (SSSR count). The zero-order valence-corrected chi connectivity index (χ0v) is 18.4. The van der Waals surface area contributed by atoms with Crippen LogP contribution in [0, 0.1) is 0 Å². The van der Waals surface area contributed by atoms with Crippen molar-refractivity contribution in [3.05, 3.63) is 76.0 Å². The maximum atomic E-state index is 11.6. The van der Waals surface area contributed by atoms with Crippen LogP contribution in [0.4, 0.5) is 0 Å². The van der Waals surface area contributed by atoms with E-state index in [9.17, 15) is 9.90 Å². The molecule has 3 aromatic rings. The fraction of sp³-hybridized carbons (Fsp3) is 0.292. The molecule has 0 saturated heterocycles. The first kappa shape index (κ1) is 22.3. The zero-order valence-electron chi connectivity index (χ0n) is 16.9. The van der Waals surface area contributed by atoms with Crippen LogP contribution in [-0.4, -0.2) is 15.6 Å². The summed E-state index contributed by atoms with van der Waals surface area (Å²) in [6, 6.07) is 14.7. The van der Waals surface area contributed by atoms with Crippen LogP contribution in [0.2, 0.25) is 10.0 Å². The number of aromatic nitrogens is 1. The van der Waals surface area contributed by atoms with Gasteiger partial charge in [0.25, 0.3) is 0 Å². The molecular weight excluding hydrogens is 421 g/mol. The van der Waals surface area contributed by atoms with Crippen LogP contribution >= 0.6 is 23.2 Å². The molecular formula is C24H25Cl2NO3. The fourth-order valence-corrected chi connectivity index (χ4v) is 3.92. The summed E-state index contributed by atoms with van der Waals surface area (Å²) in [4.78, 5) is 11.6. The molecule has 6 heteroatoms. The van der Waals surface area contributed by atoms with E-state index < -0.39 is 5.97 Å². The van der Waals surface area contributed by atoms with Gasteiger partial charge >= 0.3 is 5.97 Å². The van der Waals surface area contributed by atoms with Crippen LogP contribution in [0.3, 0.4) is 0 Å². The van der Waals surface area contributed by atoms with Crippen molar-refractivity contribution >= 4 is 29.2 Å². The molecule has 1 aromatic heterocycles. The van der Waals surface area contributed by atoms with Gasteiger partial charge in [-0.3, -0.25) is 0 Å². The molecule has 2 aromatic carbocycles. The first-order valence-electron chi connectivity index (χ1n) is 10.1. The molecule has 1 heterocycles. The summed E-state index contributed by atoms with van der Waals surface area (Å²) in [5, 5.41) is 10.7. The third-order valence-corrected chi connectivity index (χ3v) is 5.32. The summed E-state index contributed by atoms with van der Waals surface area (Å²) in [7, 11) is 0. The molecule has 30 heavy (non-hydrogen) atoms. The number of benzene rings is 2. The van der Waals surface area contributed by atoms with Gasteiger partial charge in [0.05, 0.1) is 0 Å². The van der Waals surface area contributed by atoms with Gasteiger partial charge in [0.1, 0.15) is 18.1 Å². The highest BCUT2D eigenvalue weighted by Crippen LogP contribution is 2.26. The van der Waals surface area contributed by atoms with Crippen LogP contribution < -0.4 is 4.74 Å². The molecule has 0 aliphatic heterocycles. The normalized spacial score (nSPS) is 10.9. The molecule has 0 spiro atoms. The lowest BCUT2D eigenvalue weighted by Crippen LogP contribution is -2.07. The highest BCUT2D eigenvalue weighted by molar-refractivity contribution is 6.34. The van der Waals surface area contributed by atoms with E-state index in [1.807, 2.05) is 47.2 Å². The summed E-state index contributed by atoms with van der Waals surface area (Å²) < 4.78 is 7.65. The molecule has 0 aliphatic carbocycles. The Balaban J connectivity index is 1.68. The minimum atomic E-state index is -0.906. The van der Waals surface area contributed by atoms with Gasteiger partial charge in [-0.2, -0.15) is 0 Å². The molecule has 1 N–H and O–H groups in total. The number of carbonyl (C=O) groups is 1. The van der Waals surface area contributed by atoms with Crippen LogP contribution in [-0.2, 0) is 13.2 Å². The Morgan fingerprint density at radius 2 is 1.67 bits per heavy atom. The largest absolute Gasteiger partial charge is 0.489 e. The number of carboxylic acids is 1. The summed E-state index contributed by atoms with van der Waals surface area (Å²) in [5.74, 6) is -0.191. The standard InChI is InChI=1S/C24H25Cl2NO3/c1-2-3-4-5-10-27-15-19(13-23(27)24(28)29)18-6-8-22(9-7-18)30-16-17-11-20(25)14-21(26)12-17/h6-9,11-15H,2-5,10,16H2,1H3,(H,28,29). The quantitative estimate of drug-likeness (QED) is 0.332. The number of hydrogen-bond donors (Lipinski definition) is 1. The summed E-state index contributed by atoms with van der Waals surface area (Å²) in [5.41, 5.74) is 3.04. The Morgan fingerprint density at radius 3 is 2.30 bits per heavy atom. The van der Waals surface area contributed by atoms with E-state index in [1.54, 1.807) is 12.1 Å². The second-order valence-electron chi connectivity index (χ2n) is 7.26. The Bertz CT molecular complexity index is 976. The Kier molecular flexibility index (Phi) is 7.83.